The Labute approximate surface area is 175 Å². The van der Waals surface area contributed by atoms with Crippen LogP contribution in [0.25, 0.3) is 0 Å². The lowest BCUT2D eigenvalue weighted by atomic mass is 9.96. The normalized spacial score (nSPS) is 25.9. The third-order valence-corrected chi connectivity index (χ3v) is 8.25. The zero-order chi connectivity index (χ0) is 22.3. The van der Waals surface area contributed by atoms with Gasteiger partial charge in [-0.2, -0.15) is 17.5 Å². The SMILES string of the molecule is CCC[C@H](N)C(=O)N(C)[C@H]1CC[C@@H]2CN(S(=O)(=O)c3ccccc3C(F)(F)F)C[C@@H]21. The molecule has 4 atom stereocenters. The van der Waals surface area contributed by atoms with Crippen molar-refractivity contribution in [1.29, 1.82) is 0 Å². The minimum absolute atomic E-state index is 0.0143. The van der Waals surface area contributed by atoms with Crippen molar-refractivity contribution in [2.75, 3.05) is 20.1 Å². The van der Waals surface area contributed by atoms with Gasteiger partial charge in [0.25, 0.3) is 0 Å². The highest BCUT2D eigenvalue weighted by molar-refractivity contribution is 7.89. The van der Waals surface area contributed by atoms with Gasteiger partial charge in [-0.15, -0.1) is 0 Å². The summed E-state index contributed by atoms with van der Waals surface area (Å²) in [7, 11) is -2.62. The molecule has 0 aromatic heterocycles. The van der Waals surface area contributed by atoms with E-state index in [1.807, 2.05) is 6.92 Å². The zero-order valence-electron chi connectivity index (χ0n) is 17.1. The van der Waals surface area contributed by atoms with E-state index in [1.54, 1.807) is 11.9 Å². The molecule has 1 amide bonds. The predicted octanol–water partition coefficient (Wildman–Crippen LogP) is 2.69. The molecule has 1 aliphatic heterocycles. The van der Waals surface area contributed by atoms with E-state index in [1.165, 1.54) is 12.1 Å². The van der Waals surface area contributed by atoms with E-state index in [2.05, 4.69) is 0 Å². The number of amides is 1. The third-order valence-electron chi connectivity index (χ3n) is 6.36. The molecule has 6 nitrogen and oxygen atoms in total. The molecule has 1 saturated carbocycles. The van der Waals surface area contributed by atoms with Crippen molar-refractivity contribution in [1.82, 2.24) is 9.21 Å². The van der Waals surface area contributed by atoms with Crippen LogP contribution in [0, 0.1) is 11.8 Å². The fourth-order valence-corrected chi connectivity index (χ4v) is 6.54. The number of sulfonamides is 1. The van der Waals surface area contributed by atoms with E-state index in [4.69, 9.17) is 5.73 Å². The third kappa shape index (κ3) is 4.22. The standard InChI is InChI=1S/C20H28F3N3O3S/c1-3-6-16(24)19(27)25(2)17-10-9-13-11-26(12-14(13)17)30(28,29)18-8-5-4-7-15(18)20(21,22)23/h4-5,7-8,13-14,16-17H,3,6,9-12,24H2,1-2H3/t13-,14+,16+,17+/m1/s1. The molecule has 0 unspecified atom stereocenters. The average Bonchev–Trinajstić information content (AvgIpc) is 3.27. The largest absolute Gasteiger partial charge is 0.417 e. The number of carbonyl (C=O) groups excluding carboxylic acids is 1. The van der Waals surface area contributed by atoms with Crippen molar-refractivity contribution in [3.05, 3.63) is 29.8 Å². The van der Waals surface area contributed by atoms with Crippen LogP contribution in [-0.4, -0.2) is 55.8 Å². The molecule has 0 spiro atoms. The van der Waals surface area contributed by atoms with Crippen LogP contribution in [0.2, 0.25) is 0 Å². The molecule has 0 bridgehead atoms. The number of nitrogens with zero attached hydrogens (tertiary/aromatic N) is 2. The van der Waals surface area contributed by atoms with Crippen LogP contribution in [0.1, 0.15) is 38.2 Å². The summed E-state index contributed by atoms with van der Waals surface area (Å²) in [4.78, 5) is 13.5. The highest BCUT2D eigenvalue weighted by atomic mass is 32.2. The van der Waals surface area contributed by atoms with Gasteiger partial charge >= 0.3 is 6.18 Å². The maximum atomic E-state index is 13.4. The topological polar surface area (TPSA) is 83.7 Å². The number of rotatable bonds is 6. The van der Waals surface area contributed by atoms with E-state index < -0.39 is 32.7 Å². The van der Waals surface area contributed by atoms with Gasteiger partial charge < -0.3 is 10.6 Å². The van der Waals surface area contributed by atoms with Gasteiger partial charge in [0.15, 0.2) is 0 Å². The van der Waals surface area contributed by atoms with E-state index in [9.17, 15) is 26.4 Å². The first kappa shape index (κ1) is 23.0. The number of carbonyl (C=O) groups is 1. The molecule has 2 aliphatic rings. The summed E-state index contributed by atoms with van der Waals surface area (Å²) in [5.41, 5.74) is 4.80. The van der Waals surface area contributed by atoms with Crippen molar-refractivity contribution in [3.8, 4) is 0 Å². The Kier molecular flexibility index (Phi) is 6.50. The van der Waals surface area contributed by atoms with Crippen LogP contribution in [0.5, 0.6) is 0 Å². The first-order valence-corrected chi connectivity index (χ1v) is 11.6. The number of fused-ring (bicyclic) bond motifs is 1. The summed E-state index contributed by atoms with van der Waals surface area (Å²) in [6, 6.07) is 3.50. The van der Waals surface area contributed by atoms with Gasteiger partial charge in [0.05, 0.1) is 16.5 Å². The summed E-state index contributed by atoms with van der Waals surface area (Å²) >= 11 is 0. The minimum Gasteiger partial charge on any atom is -0.341 e. The van der Waals surface area contributed by atoms with E-state index in [0.717, 1.165) is 35.7 Å². The molecule has 1 aliphatic carbocycles. The second-order valence-corrected chi connectivity index (χ2v) is 10.1. The van der Waals surface area contributed by atoms with Gasteiger partial charge in [0.2, 0.25) is 15.9 Å². The van der Waals surface area contributed by atoms with Crippen molar-refractivity contribution >= 4 is 15.9 Å². The van der Waals surface area contributed by atoms with Crippen LogP contribution in [0.4, 0.5) is 13.2 Å². The highest BCUT2D eigenvalue weighted by Gasteiger charge is 2.49. The second kappa shape index (κ2) is 8.47. The number of hydrogen-bond donors (Lipinski definition) is 1. The van der Waals surface area contributed by atoms with Crippen molar-refractivity contribution < 1.29 is 26.4 Å². The first-order chi connectivity index (χ1) is 14.0. The summed E-state index contributed by atoms with van der Waals surface area (Å²) < 4.78 is 67.3. The molecule has 1 aromatic rings. The molecular weight excluding hydrogens is 419 g/mol. The van der Waals surface area contributed by atoms with Gasteiger partial charge in [-0.25, -0.2) is 8.42 Å². The Hall–Kier alpha value is -1.65. The van der Waals surface area contributed by atoms with Crippen LogP contribution in [0.15, 0.2) is 29.2 Å². The smallest absolute Gasteiger partial charge is 0.341 e. The van der Waals surface area contributed by atoms with E-state index in [0.29, 0.717) is 6.42 Å². The molecule has 2 N–H and O–H groups in total. The van der Waals surface area contributed by atoms with E-state index >= 15 is 0 Å². The molecule has 10 heteroatoms. The number of halogens is 3. The number of likely N-dealkylation sites (N-methyl/N-ethyl adjacent to an activating group) is 1. The lowest BCUT2D eigenvalue weighted by Crippen LogP contribution is -2.48. The summed E-state index contributed by atoms with van der Waals surface area (Å²) in [5.74, 6) is -0.271. The maximum Gasteiger partial charge on any atom is 0.417 e. The van der Waals surface area contributed by atoms with Crippen molar-refractivity contribution in [2.45, 2.75) is 55.8 Å². The minimum atomic E-state index is -4.76. The highest BCUT2D eigenvalue weighted by Crippen LogP contribution is 2.43. The fraction of sp³-hybridized carbons (Fsp3) is 0.650. The molecule has 168 valence electrons. The maximum absolute atomic E-state index is 13.4. The van der Waals surface area contributed by atoms with Crippen LogP contribution < -0.4 is 5.73 Å². The molecule has 2 fully saturated rings. The number of alkyl halides is 3. The van der Waals surface area contributed by atoms with Gasteiger partial charge in [0.1, 0.15) is 0 Å². The predicted molar refractivity (Wildman–Crippen MR) is 106 cm³/mol. The lowest BCUT2D eigenvalue weighted by molar-refractivity contribution is -0.140. The first-order valence-electron chi connectivity index (χ1n) is 10.2. The Balaban J connectivity index is 1.81. The summed E-state index contributed by atoms with van der Waals surface area (Å²) in [6.45, 7) is 2.21. The van der Waals surface area contributed by atoms with Gasteiger partial charge in [0, 0.05) is 26.2 Å². The molecular formula is C20H28F3N3O3S. The fourth-order valence-electron chi connectivity index (χ4n) is 4.80. The monoisotopic (exact) mass is 447 g/mol. The van der Waals surface area contributed by atoms with Crippen LogP contribution in [-0.2, 0) is 21.0 Å². The zero-order valence-corrected chi connectivity index (χ0v) is 17.9. The molecule has 0 radical (unpaired) electrons. The van der Waals surface area contributed by atoms with E-state index in [-0.39, 0.29) is 36.9 Å². The lowest BCUT2D eigenvalue weighted by Gasteiger charge is -2.31. The molecule has 1 aromatic carbocycles. The molecule has 30 heavy (non-hydrogen) atoms. The Morgan fingerprint density at radius 3 is 2.57 bits per heavy atom. The summed E-state index contributed by atoms with van der Waals surface area (Å²) in [6.07, 6.45) is -1.95. The Morgan fingerprint density at radius 2 is 1.93 bits per heavy atom. The average molecular weight is 448 g/mol. The molecule has 1 heterocycles. The van der Waals surface area contributed by atoms with Gasteiger partial charge in [-0.1, -0.05) is 25.5 Å². The molecule has 3 rings (SSSR count). The molecule has 1 saturated heterocycles. The number of hydrogen-bond acceptors (Lipinski definition) is 4. The van der Waals surface area contributed by atoms with Crippen molar-refractivity contribution in [3.63, 3.8) is 0 Å². The van der Waals surface area contributed by atoms with Crippen molar-refractivity contribution in [2.24, 2.45) is 17.6 Å². The van der Waals surface area contributed by atoms with Gasteiger partial charge in [-0.05, 0) is 43.2 Å². The second-order valence-electron chi connectivity index (χ2n) is 8.23. The number of nitrogens with two attached hydrogens (primary N) is 1. The van der Waals surface area contributed by atoms with Crippen LogP contribution in [0.3, 0.4) is 0 Å². The Morgan fingerprint density at radius 1 is 1.27 bits per heavy atom. The summed E-state index contributed by atoms with van der Waals surface area (Å²) in [5, 5.41) is 0. The van der Waals surface area contributed by atoms with Gasteiger partial charge in [-0.3, -0.25) is 4.79 Å². The quantitative estimate of drug-likeness (QED) is 0.727. The Bertz CT molecular complexity index is 891. The van der Waals surface area contributed by atoms with Crippen LogP contribution >= 0.6 is 0 Å². The number of benzene rings is 1.